The Morgan fingerprint density at radius 1 is 1.28 bits per heavy atom. The van der Waals surface area contributed by atoms with Crippen molar-refractivity contribution in [1.82, 2.24) is 15.1 Å². The van der Waals surface area contributed by atoms with Crippen molar-refractivity contribution in [2.75, 3.05) is 44.7 Å². The third-order valence-corrected chi connectivity index (χ3v) is 4.00. The minimum absolute atomic E-state index is 0.0751. The van der Waals surface area contributed by atoms with Crippen LogP contribution in [0.25, 0.3) is 0 Å². The number of anilines is 1. The van der Waals surface area contributed by atoms with Gasteiger partial charge in [0, 0.05) is 32.4 Å². The van der Waals surface area contributed by atoms with Gasteiger partial charge in [-0.25, -0.2) is 0 Å². The molecule has 5 heteroatoms. The summed E-state index contributed by atoms with van der Waals surface area (Å²) in [6.07, 6.45) is 3.87. The lowest BCUT2D eigenvalue weighted by molar-refractivity contribution is -0.115. The maximum Gasteiger partial charge on any atom is 0.151 e. The van der Waals surface area contributed by atoms with Crippen molar-refractivity contribution in [3.8, 4) is 0 Å². The molecule has 98 valence electrons. The lowest BCUT2D eigenvalue weighted by Gasteiger charge is -2.46. The molecule has 0 aromatic carbocycles. The summed E-state index contributed by atoms with van der Waals surface area (Å²) in [5.41, 5.74) is 0.0751. The Labute approximate surface area is 108 Å². The Morgan fingerprint density at radius 3 is 2.78 bits per heavy atom. The molecule has 0 radical (unpaired) electrons. The van der Waals surface area contributed by atoms with Crippen LogP contribution in [-0.4, -0.2) is 60.5 Å². The van der Waals surface area contributed by atoms with E-state index in [1.807, 2.05) is 12.1 Å². The van der Waals surface area contributed by atoms with Gasteiger partial charge in [-0.1, -0.05) is 0 Å². The minimum atomic E-state index is 0.0751. The predicted molar refractivity (Wildman–Crippen MR) is 69.7 cm³/mol. The molecule has 0 unspecified atom stereocenters. The van der Waals surface area contributed by atoms with Crippen LogP contribution in [0, 0.1) is 0 Å². The summed E-state index contributed by atoms with van der Waals surface area (Å²) in [5.74, 6) is 0.983. The highest BCUT2D eigenvalue weighted by molar-refractivity contribution is 5.37. The first kappa shape index (κ1) is 11.9. The highest BCUT2D eigenvalue weighted by Gasteiger charge is 2.38. The fraction of sp³-hybridized carbons (Fsp3) is 0.692. The lowest BCUT2D eigenvalue weighted by atomic mass is 9.89. The van der Waals surface area contributed by atoms with Crippen LogP contribution in [0.5, 0.6) is 0 Å². The molecule has 0 aliphatic carbocycles. The zero-order valence-corrected chi connectivity index (χ0v) is 10.9. The summed E-state index contributed by atoms with van der Waals surface area (Å²) in [4.78, 5) is 4.68. The molecule has 1 spiro atoms. The third kappa shape index (κ3) is 2.33. The van der Waals surface area contributed by atoms with Gasteiger partial charge in [0.05, 0.1) is 12.2 Å². The van der Waals surface area contributed by atoms with Crippen molar-refractivity contribution in [3.05, 3.63) is 18.3 Å². The number of piperidine rings is 1. The van der Waals surface area contributed by atoms with Crippen LogP contribution in [0.1, 0.15) is 12.8 Å². The average molecular weight is 248 g/mol. The zero-order valence-electron chi connectivity index (χ0n) is 10.9. The van der Waals surface area contributed by atoms with E-state index in [1.54, 1.807) is 6.20 Å². The van der Waals surface area contributed by atoms with E-state index >= 15 is 0 Å². The molecule has 3 heterocycles. The minimum Gasteiger partial charge on any atom is -0.372 e. The largest absolute Gasteiger partial charge is 0.372 e. The van der Waals surface area contributed by atoms with Gasteiger partial charge in [0.2, 0.25) is 0 Å². The number of aromatic nitrogens is 2. The van der Waals surface area contributed by atoms with Crippen LogP contribution in [0.15, 0.2) is 18.3 Å². The smallest absolute Gasteiger partial charge is 0.151 e. The second-order valence-electron chi connectivity index (χ2n) is 5.34. The summed E-state index contributed by atoms with van der Waals surface area (Å²) < 4.78 is 6.06. The zero-order chi connectivity index (χ0) is 12.4. The van der Waals surface area contributed by atoms with E-state index in [0.29, 0.717) is 0 Å². The molecule has 0 bridgehead atoms. The van der Waals surface area contributed by atoms with E-state index < -0.39 is 0 Å². The average Bonchev–Trinajstić information content (AvgIpc) is 2.40. The highest BCUT2D eigenvalue weighted by Crippen LogP contribution is 2.30. The third-order valence-electron chi connectivity index (χ3n) is 4.00. The molecule has 5 nitrogen and oxygen atoms in total. The summed E-state index contributed by atoms with van der Waals surface area (Å²) in [6.45, 7) is 4.98. The SMILES string of the molecule is CN1CCOC2(CCN(c3cccnn3)CC2)C1. The van der Waals surface area contributed by atoms with Gasteiger partial charge >= 0.3 is 0 Å². The van der Waals surface area contributed by atoms with Crippen molar-refractivity contribution in [2.45, 2.75) is 18.4 Å². The first-order chi connectivity index (χ1) is 8.77. The van der Waals surface area contributed by atoms with Gasteiger partial charge in [-0.2, -0.15) is 5.10 Å². The van der Waals surface area contributed by atoms with E-state index in [0.717, 1.165) is 51.4 Å². The van der Waals surface area contributed by atoms with Crippen molar-refractivity contribution in [2.24, 2.45) is 0 Å². The van der Waals surface area contributed by atoms with E-state index in [4.69, 9.17) is 4.74 Å². The molecule has 0 amide bonds. The molecule has 2 aliphatic heterocycles. The van der Waals surface area contributed by atoms with Gasteiger partial charge in [-0.3, -0.25) is 0 Å². The van der Waals surface area contributed by atoms with Gasteiger partial charge in [0.1, 0.15) is 0 Å². The lowest BCUT2D eigenvalue weighted by Crippen LogP contribution is -2.56. The molecule has 2 aliphatic rings. The number of nitrogens with zero attached hydrogens (tertiary/aromatic N) is 4. The first-order valence-electron chi connectivity index (χ1n) is 6.63. The van der Waals surface area contributed by atoms with Crippen LogP contribution >= 0.6 is 0 Å². The highest BCUT2D eigenvalue weighted by atomic mass is 16.5. The number of morpholine rings is 1. The van der Waals surface area contributed by atoms with E-state index in [9.17, 15) is 0 Å². The molecule has 1 aromatic rings. The van der Waals surface area contributed by atoms with E-state index in [-0.39, 0.29) is 5.60 Å². The molecule has 0 N–H and O–H groups in total. The number of hydrogen-bond acceptors (Lipinski definition) is 5. The molecule has 0 atom stereocenters. The molecule has 3 rings (SSSR count). The molecule has 2 saturated heterocycles. The fourth-order valence-electron chi connectivity index (χ4n) is 2.94. The fourth-order valence-corrected chi connectivity index (χ4v) is 2.94. The molecular weight excluding hydrogens is 228 g/mol. The Balaban J connectivity index is 1.64. The van der Waals surface area contributed by atoms with Crippen LogP contribution in [-0.2, 0) is 4.74 Å². The predicted octanol–water partition coefficient (Wildman–Crippen LogP) is 0.778. The van der Waals surface area contributed by atoms with Crippen LogP contribution in [0.3, 0.4) is 0 Å². The Kier molecular flexibility index (Phi) is 3.18. The molecule has 1 aromatic heterocycles. The molecular formula is C13H20N4O. The van der Waals surface area contributed by atoms with Gasteiger partial charge in [-0.05, 0) is 32.0 Å². The normalized spacial score (nSPS) is 24.4. The Hall–Kier alpha value is -1.20. The maximum atomic E-state index is 6.06. The van der Waals surface area contributed by atoms with Crippen molar-refractivity contribution in [1.29, 1.82) is 0 Å². The number of rotatable bonds is 1. The van der Waals surface area contributed by atoms with Gasteiger partial charge in [0.15, 0.2) is 5.82 Å². The van der Waals surface area contributed by atoms with Crippen LogP contribution in [0.4, 0.5) is 5.82 Å². The standard InChI is InChI=1S/C13H20N4O/c1-16-9-10-18-13(11-16)4-7-17(8-5-13)12-3-2-6-14-15-12/h2-3,6H,4-5,7-11H2,1H3. The Bertz CT molecular complexity index is 389. The van der Waals surface area contributed by atoms with E-state index in [2.05, 4.69) is 27.0 Å². The van der Waals surface area contributed by atoms with Gasteiger partial charge in [0.25, 0.3) is 0 Å². The molecule has 0 saturated carbocycles. The van der Waals surface area contributed by atoms with E-state index in [1.165, 1.54) is 0 Å². The number of hydrogen-bond donors (Lipinski definition) is 0. The second-order valence-corrected chi connectivity index (χ2v) is 5.34. The monoisotopic (exact) mass is 248 g/mol. The topological polar surface area (TPSA) is 41.5 Å². The van der Waals surface area contributed by atoms with Gasteiger partial charge in [-0.15, -0.1) is 5.10 Å². The van der Waals surface area contributed by atoms with Crippen molar-refractivity contribution in [3.63, 3.8) is 0 Å². The summed E-state index contributed by atoms with van der Waals surface area (Å²) in [7, 11) is 2.18. The quantitative estimate of drug-likeness (QED) is 0.734. The maximum absolute atomic E-state index is 6.06. The van der Waals surface area contributed by atoms with Crippen molar-refractivity contribution >= 4 is 5.82 Å². The number of likely N-dealkylation sites (N-methyl/N-ethyl adjacent to an activating group) is 1. The van der Waals surface area contributed by atoms with Crippen LogP contribution < -0.4 is 4.90 Å². The van der Waals surface area contributed by atoms with Gasteiger partial charge < -0.3 is 14.5 Å². The first-order valence-corrected chi connectivity index (χ1v) is 6.63. The summed E-state index contributed by atoms with van der Waals surface area (Å²) >= 11 is 0. The summed E-state index contributed by atoms with van der Waals surface area (Å²) in [6, 6.07) is 3.97. The molecule has 2 fully saturated rings. The number of ether oxygens (including phenoxy) is 1. The van der Waals surface area contributed by atoms with Crippen LogP contribution in [0.2, 0.25) is 0 Å². The second kappa shape index (κ2) is 4.82. The van der Waals surface area contributed by atoms with Crippen molar-refractivity contribution < 1.29 is 4.74 Å². The summed E-state index contributed by atoms with van der Waals surface area (Å²) in [5, 5.41) is 8.12. The molecule has 18 heavy (non-hydrogen) atoms. The Morgan fingerprint density at radius 2 is 2.11 bits per heavy atom.